The van der Waals surface area contributed by atoms with Gasteiger partial charge in [-0.25, -0.2) is 0 Å². The summed E-state index contributed by atoms with van der Waals surface area (Å²) in [5.41, 5.74) is 2.55. The average molecular weight is 321 g/mol. The van der Waals surface area contributed by atoms with Crippen molar-refractivity contribution in [3.63, 3.8) is 0 Å². The van der Waals surface area contributed by atoms with E-state index in [1.54, 1.807) is 24.1 Å². The number of hydrogen-bond donors (Lipinski definition) is 1. The van der Waals surface area contributed by atoms with Crippen LogP contribution in [0.25, 0.3) is 11.1 Å². The van der Waals surface area contributed by atoms with Crippen molar-refractivity contribution in [2.24, 2.45) is 0 Å². The highest BCUT2D eigenvalue weighted by Crippen LogP contribution is 2.30. The van der Waals surface area contributed by atoms with E-state index in [1.807, 2.05) is 36.4 Å². The second kappa shape index (κ2) is 7.05. The maximum absolute atomic E-state index is 12.4. The predicted molar refractivity (Wildman–Crippen MR) is 91.5 cm³/mol. The van der Waals surface area contributed by atoms with Crippen molar-refractivity contribution in [2.75, 3.05) is 20.2 Å². The molecule has 0 aromatic heterocycles. The van der Waals surface area contributed by atoms with Crippen molar-refractivity contribution in [2.45, 2.75) is 12.5 Å². The first-order chi connectivity index (χ1) is 11.7. The van der Waals surface area contributed by atoms with Crippen LogP contribution in [-0.4, -0.2) is 37.0 Å². The molecule has 2 aromatic carbocycles. The number of carbonyl (C=O) groups excluding carboxylic acids is 1. The molecule has 1 unspecified atom stereocenters. The Morgan fingerprint density at radius 3 is 2.75 bits per heavy atom. The zero-order valence-electron chi connectivity index (χ0n) is 13.5. The second-order valence-electron chi connectivity index (χ2n) is 5.79. The van der Waals surface area contributed by atoms with E-state index in [4.69, 9.17) is 10.00 Å². The first-order valence-corrected chi connectivity index (χ1v) is 7.90. The Hall–Kier alpha value is -3.00. The molecule has 1 saturated heterocycles. The molecule has 1 heterocycles. The van der Waals surface area contributed by atoms with Crippen LogP contribution in [0.5, 0.6) is 5.75 Å². The van der Waals surface area contributed by atoms with Gasteiger partial charge in [0.1, 0.15) is 5.75 Å². The first-order valence-electron chi connectivity index (χ1n) is 7.90. The molecule has 0 spiro atoms. The maximum Gasteiger partial charge on any atom is 0.251 e. The van der Waals surface area contributed by atoms with E-state index in [1.165, 1.54) is 0 Å². The molecule has 1 aliphatic heterocycles. The third-order valence-electron chi connectivity index (χ3n) is 4.21. The van der Waals surface area contributed by atoms with Crippen LogP contribution >= 0.6 is 0 Å². The highest BCUT2D eigenvalue weighted by atomic mass is 16.5. The van der Waals surface area contributed by atoms with Crippen molar-refractivity contribution in [1.29, 1.82) is 5.26 Å². The number of carbonyl (C=O) groups is 1. The Morgan fingerprint density at radius 2 is 2.08 bits per heavy atom. The van der Waals surface area contributed by atoms with Crippen LogP contribution in [0.1, 0.15) is 16.8 Å². The molecule has 3 rings (SSSR count). The zero-order chi connectivity index (χ0) is 16.9. The van der Waals surface area contributed by atoms with E-state index in [2.05, 4.69) is 11.5 Å². The predicted octanol–water partition coefficient (Wildman–Crippen LogP) is 2.65. The summed E-state index contributed by atoms with van der Waals surface area (Å²) >= 11 is 0. The third-order valence-corrected chi connectivity index (χ3v) is 4.21. The van der Waals surface area contributed by atoms with Crippen molar-refractivity contribution in [1.82, 2.24) is 10.2 Å². The molecule has 0 aliphatic carbocycles. The fraction of sp³-hybridized carbons (Fsp3) is 0.263. The molecule has 1 amide bonds. The van der Waals surface area contributed by atoms with Crippen molar-refractivity contribution < 1.29 is 9.53 Å². The zero-order valence-corrected chi connectivity index (χ0v) is 13.5. The molecular weight excluding hydrogens is 302 g/mol. The van der Waals surface area contributed by atoms with E-state index in [9.17, 15) is 4.79 Å². The van der Waals surface area contributed by atoms with E-state index < -0.39 is 0 Å². The normalized spacial score (nSPS) is 16.5. The smallest absolute Gasteiger partial charge is 0.251 e. The number of nitrogens with zero attached hydrogens (tertiary/aromatic N) is 2. The lowest BCUT2D eigenvalue weighted by Gasteiger charge is -2.14. The van der Waals surface area contributed by atoms with Crippen LogP contribution in [0.4, 0.5) is 0 Å². The number of rotatable bonds is 4. The standard InChI is InChI=1S/C19H19N3O2/c1-24-18-11-15(7-8-17(18)14-5-3-2-4-6-14)19(23)21-16-9-10-22(12-16)13-20/h2-8,11,16H,9-10,12H2,1H3,(H,21,23). The minimum Gasteiger partial charge on any atom is -0.496 e. The molecule has 5 nitrogen and oxygen atoms in total. The molecule has 24 heavy (non-hydrogen) atoms. The van der Waals surface area contributed by atoms with Gasteiger partial charge in [-0.3, -0.25) is 4.79 Å². The fourth-order valence-corrected chi connectivity index (χ4v) is 2.93. The van der Waals surface area contributed by atoms with Crippen LogP contribution in [0.3, 0.4) is 0 Å². The Labute approximate surface area is 141 Å². The molecule has 0 bridgehead atoms. The van der Waals surface area contributed by atoms with Gasteiger partial charge in [-0.2, -0.15) is 5.26 Å². The van der Waals surface area contributed by atoms with E-state index >= 15 is 0 Å². The fourth-order valence-electron chi connectivity index (χ4n) is 2.93. The molecule has 1 atom stereocenters. The van der Waals surface area contributed by atoms with Crippen LogP contribution in [0, 0.1) is 11.5 Å². The van der Waals surface area contributed by atoms with Gasteiger partial charge in [0.05, 0.1) is 7.11 Å². The molecule has 0 radical (unpaired) electrons. The van der Waals surface area contributed by atoms with Crippen LogP contribution in [-0.2, 0) is 0 Å². The summed E-state index contributed by atoms with van der Waals surface area (Å²) in [5.74, 6) is 0.525. The van der Waals surface area contributed by atoms with E-state index in [-0.39, 0.29) is 11.9 Å². The molecule has 1 N–H and O–H groups in total. The summed E-state index contributed by atoms with van der Waals surface area (Å²) in [6.45, 7) is 1.26. The molecule has 1 fully saturated rings. The molecular formula is C19H19N3O2. The van der Waals surface area contributed by atoms with Crippen molar-refractivity contribution in [3.8, 4) is 23.1 Å². The quantitative estimate of drug-likeness (QED) is 0.879. The minimum absolute atomic E-state index is 0.0111. The highest BCUT2D eigenvalue weighted by Gasteiger charge is 2.23. The Kier molecular flexibility index (Phi) is 4.66. The molecule has 5 heteroatoms. The lowest BCUT2D eigenvalue weighted by molar-refractivity contribution is 0.0938. The van der Waals surface area contributed by atoms with Crippen LogP contribution in [0.2, 0.25) is 0 Å². The molecule has 122 valence electrons. The van der Waals surface area contributed by atoms with Gasteiger partial charge >= 0.3 is 0 Å². The number of ether oxygens (including phenoxy) is 1. The largest absolute Gasteiger partial charge is 0.496 e. The SMILES string of the molecule is COc1cc(C(=O)NC2CCN(C#N)C2)ccc1-c1ccccc1. The number of likely N-dealkylation sites (tertiary alicyclic amines) is 1. The monoisotopic (exact) mass is 321 g/mol. The lowest BCUT2D eigenvalue weighted by atomic mass is 10.0. The molecule has 0 saturated carbocycles. The Bertz CT molecular complexity index is 768. The number of methoxy groups -OCH3 is 1. The summed E-state index contributed by atoms with van der Waals surface area (Å²) in [6, 6.07) is 15.4. The van der Waals surface area contributed by atoms with Crippen molar-refractivity contribution in [3.05, 3.63) is 54.1 Å². The number of nitrogens with one attached hydrogen (secondary N) is 1. The summed E-state index contributed by atoms with van der Waals surface area (Å²) in [5, 5.41) is 11.9. The van der Waals surface area contributed by atoms with Gasteiger partial charge in [-0.15, -0.1) is 0 Å². The number of nitriles is 1. The summed E-state index contributed by atoms with van der Waals surface area (Å²) < 4.78 is 5.46. The van der Waals surface area contributed by atoms with E-state index in [0.717, 1.165) is 17.5 Å². The van der Waals surface area contributed by atoms with Gasteiger partial charge in [0.25, 0.3) is 5.91 Å². The van der Waals surface area contributed by atoms with Gasteiger partial charge in [0, 0.05) is 30.3 Å². The molecule has 2 aromatic rings. The first kappa shape index (κ1) is 15.9. The number of benzene rings is 2. The third kappa shape index (κ3) is 3.33. The summed E-state index contributed by atoms with van der Waals surface area (Å²) in [4.78, 5) is 14.1. The van der Waals surface area contributed by atoms with Gasteiger partial charge < -0.3 is 15.0 Å². The van der Waals surface area contributed by atoms with Crippen molar-refractivity contribution >= 4 is 5.91 Å². The van der Waals surface area contributed by atoms with Gasteiger partial charge in [-0.1, -0.05) is 30.3 Å². The summed E-state index contributed by atoms with van der Waals surface area (Å²) in [7, 11) is 1.60. The topological polar surface area (TPSA) is 65.4 Å². The number of hydrogen-bond acceptors (Lipinski definition) is 4. The van der Waals surface area contributed by atoms with Crippen LogP contribution < -0.4 is 10.1 Å². The van der Waals surface area contributed by atoms with E-state index in [0.29, 0.717) is 24.4 Å². The summed E-state index contributed by atoms with van der Waals surface area (Å²) in [6.07, 6.45) is 2.90. The number of amides is 1. The van der Waals surface area contributed by atoms with Gasteiger partial charge in [0.2, 0.25) is 0 Å². The maximum atomic E-state index is 12.4. The Balaban J connectivity index is 1.77. The van der Waals surface area contributed by atoms with Gasteiger partial charge in [-0.05, 0) is 30.2 Å². The average Bonchev–Trinajstić information content (AvgIpc) is 3.09. The van der Waals surface area contributed by atoms with Crippen LogP contribution in [0.15, 0.2) is 48.5 Å². The van der Waals surface area contributed by atoms with Gasteiger partial charge in [0.15, 0.2) is 6.19 Å². The minimum atomic E-state index is -0.141. The highest BCUT2D eigenvalue weighted by molar-refractivity contribution is 5.95. The Morgan fingerprint density at radius 1 is 1.29 bits per heavy atom. The second-order valence-corrected chi connectivity index (χ2v) is 5.79. The lowest BCUT2D eigenvalue weighted by Crippen LogP contribution is -2.36. The molecule has 1 aliphatic rings.